The molecule has 0 radical (unpaired) electrons. The largest absolute Gasteiger partial charge is 0.309 e. The van der Waals surface area contributed by atoms with Gasteiger partial charge in [-0.05, 0) is 34.1 Å². The van der Waals surface area contributed by atoms with E-state index in [0.717, 1.165) is 37.7 Å². The molecule has 0 saturated carbocycles. The highest BCUT2D eigenvalue weighted by Gasteiger charge is 2.24. The maximum Gasteiger partial charge on any atom is 0.113 e. The highest BCUT2D eigenvalue weighted by Crippen LogP contribution is 2.49. The van der Waals surface area contributed by atoms with Gasteiger partial charge in [0.25, 0.3) is 0 Å². The molecule has 1 aliphatic rings. The van der Waals surface area contributed by atoms with Gasteiger partial charge in [-0.3, -0.25) is 0 Å². The Bertz CT molecular complexity index is 788. The van der Waals surface area contributed by atoms with Gasteiger partial charge in [0.1, 0.15) is 11.0 Å². The van der Waals surface area contributed by atoms with Crippen LogP contribution in [0.1, 0.15) is 0 Å². The van der Waals surface area contributed by atoms with Crippen molar-refractivity contribution in [3.63, 3.8) is 0 Å². The molecule has 2 aromatic carbocycles. The van der Waals surface area contributed by atoms with Gasteiger partial charge in [0.2, 0.25) is 0 Å². The average molecular weight is 404 g/mol. The second-order valence-corrected chi connectivity index (χ2v) is 7.13. The fraction of sp³-hybridized carbons (Fsp3) is 0. The fourth-order valence-electron chi connectivity index (χ4n) is 2.10. The van der Waals surface area contributed by atoms with E-state index >= 15 is 0 Å². The van der Waals surface area contributed by atoms with Crippen molar-refractivity contribution in [1.82, 2.24) is 8.75 Å². The van der Waals surface area contributed by atoms with Crippen LogP contribution in [0.15, 0.2) is 22.7 Å². The number of aromatic nitrogens is 2. The van der Waals surface area contributed by atoms with Gasteiger partial charge in [-0.2, -0.15) is 8.75 Å². The lowest BCUT2D eigenvalue weighted by Gasteiger charge is -2.10. The number of hydrogen-bond acceptors (Lipinski definition) is 6. The van der Waals surface area contributed by atoms with Crippen LogP contribution in [-0.4, -0.2) is 8.75 Å². The lowest BCUT2D eigenvalue weighted by molar-refractivity contribution is 1.64. The molecule has 2 heterocycles. The number of benzene rings is 2. The summed E-state index contributed by atoms with van der Waals surface area (Å²) in [5.41, 5.74) is 4.09. The van der Waals surface area contributed by atoms with Crippen molar-refractivity contribution in [2.75, 3.05) is 8.05 Å². The molecule has 8 heteroatoms. The van der Waals surface area contributed by atoms with Gasteiger partial charge in [-0.15, -0.1) is 0 Å². The predicted molar refractivity (Wildman–Crippen MR) is 85.2 cm³/mol. The van der Waals surface area contributed by atoms with E-state index in [9.17, 15) is 0 Å². The summed E-state index contributed by atoms with van der Waals surface area (Å²) >= 11 is 9.90. The van der Waals surface area contributed by atoms with Crippen LogP contribution in [0.3, 0.4) is 0 Å². The molecule has 90 valence electrons. The van der Waals surface area contributed by atoms with Gasteiger partial charge >= 0.3 is 0 Å². The molecule has 0 atom stereocenters. The van der Waals surface area contributed by atoms with Crippen LogP contribution in [0.4, 0.5) is 11.4 Å². The predicted octanol–water partition coefficient (Wildman–Crippen LogP) is 4.71. The number of nitrogens with zero attached hydrogens (tertiary/aromatic N) is 3. The minimum atomic E-state index is 0.938. The monoisotopic (exact) mass is 402 g/mol. The Morgan fingerprint density at radius 3 is 3.06 bits per heavy atom. The lowest BCUT2D eigenvalue weighted by Crippen LogP contribution is -1.92. The van der Waals surface area contributed by atoms with Crippen molar-refractivity contribution in [3.05, 3.63) is 22.7 Å². The number of rotatable bonds is 0. The molecule has 18 heavy (non-hydrogen) atoms. The number of halogens is 2. The first-order chi connectivity index (χ1) is 8.75. The number of anilines is 2. The molecule has 4 rings (SSSR count). The quantitative estimate of drug-likeness (QED) is 0.434. The average Bonchev–Trinajstić information content (AvgIpc) is 2.95. The van der Waals surface area contributed by atoms with Crippen molar-refractivity contribution in [1.29, 1.82) is 0 Å². The molecule has 0 saturated heterocycles. The van der Waals surface area contributed by atoms with E-state index < -0.39 is 0 Å². The zero-order valence-corrected chi connectivity index (χ0v) is 13.5. The highest BCUT2D eigenvalue weighted by atomic mass is 79.9. The molecule has 1 aromatic heterocycles. The number of fused-ring (bicyclic) bond motifs is 5. The first kappa shape index (κ1) is 11.3. The minimum absolute atomic E-state index is 0.938. The molecule has 0 aliphatic carbocycles. The molecule has 3 aromatic rings. The molecule has 0 unspecified atom stereocenters. The maximum atomic E-state index is 4.40. The Morgan fingerprint density at radius 1 is 1.28 bits per heavy atom. The third-order valence-corrected chi connectivity index (χ3v) is 5.47. The summed E-state index contributed by atoms with van der Waals surface area (Å²) in [5.74, 6) is 0. The molecule has 1 N–H and O–H groups in total. The molecule has 1 aliphatic heterocycles. The second-order valence-electron chi connectivity index (χ2n) is 3.81. The van der Waals surface area contributed by atoms with E-state index in [4.69, 9.17) is 0 Å². The first-order valence-electron chi connectivity index (χ1n) is 5.02. The smallest absolute Gasteiger partial charge is 0.113 e. The Labute approximate surface area is 128 Å². The molecular weight excluding hydrogens is 400 g/mol. The van der Waals surface area contributed by atoms with Crippen LogP contribution in [-0.2, 0) is 0 Å². The van der Waals surface area contributed by atoms with Crippen LogP contribution < -0.4 is 8.05 Å². The summed E-state index contributed by atoms with van der Waals surface area (Å²) in [4.78, 5) is 0. The van der Waals surface area contributed by atoms with E-state index in [2.05, 4.69) is 57.7 Å². The Kier molecular flexibility index (Phi) is 2.48. The lowest BCUT2D eigenvalue weighted by atomic mass is 10.1. The molecule has 0 bridgehead atoms. The van der Waals surface area contributed by atoms with Crippen LogP contribution >= 0.6 is 55.9 Å². The third kappa shape index (κ3) is 1.43. The summed E-state index contributed by atoms with van der Waals surface area (Å²) in [6, 6.07) is 6.17. The van der Waals surface area contributed by atoms with Crippen molar-refractivity contribution in [2.45, 2.75) is 0 Å². The summed E-state index contributed by atoms with van der Waals surface area (Å²) < 4.78 is 14.9. The summed E-state index contributed by atoms with van der Waals surface area (Å²) in [6.45, 7) is 0. The molecular formula is C10H4Br2N4S2. The van der Waals surface area contributed by atoms with E-state index in [-0.39, 0.29) is 0 Å². The summed E-state index contributed by atoms with van der Waals surface area (Å²) in [5, 5.41) is 2.25. The standard InChI is InChI=1S/C10H4Br2N4S2/c11-5-3-7-10(16(12)18-14-7)4-1-2-6-9(8(4)5)15-17-13-6/h1-3,14H. The highest BCUT2D eigenvalue weighted by molar-refractivity contribution is 9.12. The second kappa shape index (κ2) is 3.96. The Balaban J connectivity index is 2.26. The van der Waals surface area contributed by atoms with Crippen molar-refractivity contribution < 1.29 is 0 Å². The minimum Gasteiger partial charge on any atom is -0.309 e. The van der Waals surface area contributed by atoms with Crippen LogP contribution in [0.5, 0.6) is 0 Å². The zero-order valence-electron chi connectivity index (χ0n) is 8.65. The van der Waals surface area contributed by atoms with E-state index in [1.54, 1.807) is 0 Å². The SMILES string of the molecule is Brc1cc2c(c3ccc4nsnc4c13)N(Br)SN2. The topological polar surface area (TPSA) is 41.1 Å². The van der Waals surface area contributed by atoms with Gasteiger partial charge in [-0.1, -0.05) is 0 Å². The van der Waals surface area contributed by atoms with E-state index in [1.807, 2.05) is 9.40 Å². The van der Waals surface area contributed by atoms with Gasteiger partial charge in [-0.25, -0.2) is 3.33 Å². The van der Waals surface area contributed by atoms with Crippen molar-refractivity contribution >= 4 is 89.1 Å². The summed E-state index contributed by atoms with van der Waals surface area (Å²) in [7, 11) is 0. The molecule has 0 fully saturated rings. The van der Waals surface area contributed by atoms with Gasteiger partial charge in [0.15, 0.2) is 0 Å². The number of nitrogens with one attached hydrogen (secondary N) is 1. The van der Waals surface area contributed by atoms with Gasteiger partial charge < -0.3 is 4.72 Å². The van der Waals surface area contributed by atoms with Gasteiger partial charge in [0, 0.05) is 15.2 Å². The normalized spacial score (nSPS) is 14.2. The third-order valence-electron chi connectivity index (χ3n) is 2.86. The van der Waals surface area contributed by atoms with E-state index in [1.165, 1.54) is 23.9 Å². The van der Waals surface area contributed by atoms with Crippen LogP contribution in [0.2, 0.25) is 0 Å². The molecule has 0 amide bonds. The maximum absolute atomic E-state index is 4.40. The Morgan fingerprint density at radius 2 is 2.17 bits per heavy atom. The molecule has 4 nitrogen and oxygen atoms in total. The Hall–Kier alpha value is -0.570. The van der Waals surface area contributed by atoms with Crippen LogP contribution in [0.25, 0.3) is 21.8 Å². The van der Waals surface area contributed by atoms with Crippen LogP contribution in [0, 0.1) is 0 Å². The zero-order chi connectivity index (χ0) is 12.3. The first-order valence-corrected chi connectivity index (χ1v) is 8.02. The van der Waals surface area contributed by atoms with Crippen molar-refractivity contribution in [3.8, 4) is 0 Å². The van der Waals surface area contributed by atoms with Gasteiger partial charge in [0.05, 0.1) is 51.4 Å². The van der Waals surface area contributed by atoms with E-state index in [0.29, 0.717) is 0 Å². The van der Waals surface area contributed by atoms with Crippen molar-refractivity contribution in [2.24, 2.45) is 0 Å². The fourth-order valence-corrected chi connectivity index (χ4v) is 4.50. The molecule has 0 spiro atoms. The number of hydrogen-bond donors (Lipinski definition) is 1. The summed E-state index contributed by atoms with van der Waals surface area (Å²) in [6.07, 6.45) is 0.